The summed E-state index contributed by atoms with van der Waals surface area (Å²) >= 11 is 0. The Morgan fingerprint density at radius 3 is 2.73 bits per heavy atom. The molecule has 0 aromatic heterocycles. The number of carbonyl (C=O) groups is 2. The molecule has 22 heavy (non-hydrogen) atoms. The molecule has 1 fully saturated rings. The molecular weight excluding hydrogens is 294 g/mol. The van der Waals surface area contributed by atoms with Crippen molar-refractivity contribution >= 4 is 17.6 Å². The molecule has 0 atom stereocenters. The molecule has 7 heteroatoms. The van der Waals surface area contributed by atoms with Crippen molar-refractivity contribution in [3.05, 3.63) is 29.8 Å². The molecule has 1 amide bonds. The Labute approximate surface area is 127 Å². The second kappa shape index (κ2) is 6.83. The molecule has 1 aliphatic heterocycles. The lowest BCUT2D eigenvalue weighted by Gasteiger charge is -2.16. The second-order valence-electron chi connectivity index (χ2n) is 5.13. The minimum absolute atomic E-state index is 0.132. The smallest absolute Gasteiger partial charge is 0.340 e. The van der Waals surface area contributed by atoms with E-state index < -0.39 is 24.3 Å². The third-order valence-electron chi connectivity index (χ3n) is 3.31. The number of anilines is 1. The van der Waals surface area contributed by atoms with Gasteiger partial charge in [0.1, 0.15) is 0 Å². The van der Waals surface area contributed by atoms with E-state index in [9.17, 15) is 18.4 Å². The largest absolute Gasteiger partial charge is 0.462 e. The normalized spacial score (nSPS) is 17.2. The average molecular weight is 312 g/mol. The summed E-state index contributed by atoms with van der Waals surface area (Å²) in [7, 11) is 0. The van der Waals surface area contributed by atoms with Gasteiger partial charge in [-0.3, -0.25) is 9.69 Å². The van der Waals surface area contributed by atoms with E-state index in [1.165, 1.54) is 11.0 Å². The number of amides is 1. The Bertz CT molecular complexity index is 563. The first-order valence-corrected chi connectivity index (χ1v) is 7.07. The number of nitrogens with one attached hydrogen (secondary N) is 1. The van der Waals surface area contributed by atoms with Crippen LogP contribution in [0.2, 0.25) is 0 Å². The Balaban J connectivity index is 1.99. The zero-order valence-electron chi connectivity index (χ0n) is 12.3. The molecule has 1 heterocycles. The summed E-state index contributed by atoms with van der Waals surface area (Å²) in [6, 6.07) is 6.44. The van der Waals surface area contributed by atoms with E-state index in [0.717, 1.165) is 0 Å². The fourth-order valence-electron chi connectivity index (χ4n) is 2.31. The molecular formula is C15H18F2N2O3. The van der Waals surface area contributed by atoms with Gasteiger partial charge in [-0.05, 0) is 19.1 Å². The van der Waals surface area contributed by atoms with Gasteiger partial charge in [-0.1, -0.05) is 12.1 Å². The van der Waals surface area contributed by atoms with Crippen molar-refractivity contribution in [2.75, 3.05) is 31.6 Å². The highest BCUT2D eigenvalue weighted by atomic mass is 19.3. The zero-order chi connectivity index (χ0) is 16.2. The minimum Gasteiger partial charge on any atom is -0.462 e. The highest BCUT2D eigenvalue weighted by Crippen LogP contribution is 2.26. The highest BCUT2D eigenvalue weighted by molar-refractivity contribution is 6.01. The summed E-state index contributed by atoms with van der Waals surface area (Å²) < 4.78 is 31.1. The van der Waals surface area contributed by atoms with E-state index in [1.807, 2.05) is 0 Å². The van der Waals surface area contributed by atoms with Crippen LogP contribution in [-0.4, -0.2) is 48.9 Å². The molecule has 1 aliphatic rings. The fourth-order valence-corrected chi connectivity index (χ4v) is 2.31. The van der Waals surface area contributed by atoms with Crippen LogP contribution in [0.3, 0.4) is 0 Å². The van der Waals surface area contributed by atoms with Crippen LogP contribution in [0, 0.1) is 0 Å². The molecule has 0 saturated carbocycles. The van der Waals surface area contributed by atoms with Crippen molar-refractivity contribution < 1.29 is 23.1 Å². The predicted octanol–water partition coefficient (Wildman–Crippen LogP) is 2.14. The number of esters is 1. The van der Waals surface area contributed by atoms with E-state index in [2.05, 4.69) is 5.32 Å². The maximum absolute atomic E-state index is 13.1. The summed E-state index contributed by atoms with van der Waals surface area (Å²) in [6.45, 7) is 1.54. The van der Waals surface area contributed by atoms with Crippen molar-refractivity contribution in [3.63, 3.8) is 0 Å². The Hall–Kier alpha value is -2.02. The fraction of sp³-hybridized carbons (Fsp3) is 0.467. The van der Waals surface area contributed by atoms with Gasteiger partial charge in [0.2, 0.25) is 5.91 Å². The number of carbonyl (C=O) groups excluding carboxylic acids is 2. The Morgan fingerprint density at radius 2 is 2.09 bits per heavy atom. The van der Waals surface area contributed by atoms with Gasteiger partial charge in [-0.2, -0.15) is 0 Å². The maximum atomic E-state index is 13.1. The second-order valence-corrected chi connectivity index (χ2v) is 5.13. The van der Waals surface area contributed by atoms with Crippen molar-refractivity contribution in [3.8, 4) is 0 Å². The number of ether oxygens (including phenoxy) is 1. The van der Waals surface area contributed by atoms with Gasteiger partial charge >= 0.3 is 5.97 Å². The summed E-state index contributed by atoms with van der Waals surface area (Å²) in [5.41, 5.74) is 0.557. The van der Waals surface area contributed by atoms with Gasteiger partial charge in [0.05, 0.1) is 30.9 Å². The Kier molecular flexibility index (Phi) is 5.07. The SMILES string of the molecule is CCOC(=O)c1ccccc1NC(=O)CN1CCC(F)(F)C1. The van der Waals surface area contributed by atoms with Crippen LogP contribution >= 0.6 is 0 Å². The van der Waals surface area contributed by atoms with Crippen LogP contribution in [0.5, 0.6) is 0 Å². The van der Waals surface area contributed by atoms with Crippen molar-refractivity contribution in [1.82, 2.24) is 4.90 Å². The first kappa shape index (κ1) is 16.4. The number of rotatable bonds is 5. The molecule has 1 saturated heterocycles. The number of benzene rings is 1. The third-order valence-corrected chi connectivity index (χ3v) is 3.31. The quantitative estimate of drug-likeness (QED) is 0.846. The topological polar surface area (TPSA) is 58.6 Å². The lowest BCUT2D eigenvalue weighted by Crippen LogP contribution is -2.33. The van der Waals surface area contributed by atoms with E-state index in [4.69, 9.17) is 4.74 Å². The molecule has 0 unspecified atom stereocenters. The van der Waals surface area contributed by atoms with Crippen molar-refractivity contribution in [2.24, 2.45) is 0 Å². The average Bonchev–Trinajstić information content (AvgIpc) is 2.78. The van der Waals surface area contributed by atoms with Crippen LogP contribution in [0.15, 0.2) is 24.3 Å². The monoisotopic (exact) mass is 312 g/mol. The van der Waals surface area contributed by atoms with Gasteiger partial charge in [0, 0.05) is 13.0 Å². The lowest BCUT2D eigenvalue weighted by molar-refractivity contribution is -0.117. The van der Waals surface area contributed by atoms with Crippen molar-refractivity contribution in [1.29, 1.82) is 0 Å². The minimum atomic E-state index is -2.73. The molecule has 1 N–H and O–H groups in total. The van der Waals surface area contributed by atoms with Gasteiger partial charge in [-0.15, -0.1) is 0 Å². The van der Waals surface area contributed by atoms with Crippen molar-refractivity contribution in [2.45, 2.75) is 19.3 Å². The number of nitrogens with zero attached hydrogens (tertiary/aromatic N) is 1. The van der Waals surface area contributed by atoms with E-state index >= 15 is 0 Å². The standard InChI is InChI=1S/C15H18F2N2O3/c1-2-22-14(21)11-5-3-4-6-12(11)18-13(20)9-19-8-7-15(16,17)10-19/h3-6H,2,7-10H2,1H3,(H,18,20). The number of para-hydroxylation sites is 1. The number of likely N-dealkylation sites (tertiary alicyclic amines) is 1. The summed E-state index contributed by atoms with van der Waals surface area (Å²) in [5.74, 6) is -3.70. The summed E-state index contributed by atoms with van der Waals surface area (Å²) in [6.07, 6.45) is -0.236. The molecule has 2 rings (SSSR count). The molecule has 120 valence electrons. The van der Waals surface area contributed by atoms with Gasteiger partial charge in [-0.25, -0.2) is 13.6 Å². The molecule has 1 aromatic rings. The van der Waals surface area contributed by atoms with Crippen LogP contribution in [0.25, 0.3) is 0 Å². The number of halogens is 2. The van der Waals surface area contributed by atoms with Crippen LogP contribution in [0.1, 0.15) is 23.7 Å². The first-order chi connectivity index (χ1) is 10.4. The highest BCUT2D eigenvalue weighted by Gasteiger charge is 2.38. The number of hydrogen-bond acceptors (Lipinski definition) is 4. The van der Waals surface area contributed by atoms with Crippen LogP contribution < -0.4 is 5.32 Å². The molecule has 5 nitrogen and oxygen atoms in total. The summed E-state index contributed by atoms with van der Waals surface area (Å²) in [4.78, 5) is 25.1. The van der Waals surface area contributed by atoms with Gasteiger partial charge < -0.3 is 10.1 Å². The van der Waals surface area contributed by atoms with Gasteiger partial charge in [0.15, 0.2) is 0 Å². The predicted molar refractivity (Wildman–Crippen MR) is 77.0 cm³/mol. The summed E-state index contributed by atoms with van der Waals surface area (Å²) in [5, 5.41) is 2.58. The number of hydrogen-bond donors (Lipinski definition) is 1. The molecule has 0 radical (unpaired) electrons. The third kappa shape index (κ3) is 4.24. The Morgan fingerprint density at radius 1 is 1.36 bits per heavy atom. The van der Waals surface area contributed by atoms with Crippen LogP contribution in [0.4, 0.5) is 14.5 Å². The molecule has 1 aromatic carbocycles. The molecule has 0 aliphatic carbocycles. The first-order valence-electron chi connectivity index (χ1n) is 7.07. The zero-order valence-corrected chi connectivity index (χ0v) is 12.3. The number of alkyl halides is 2. The van der Waals surface area contributed by atoms with E-state index in [-0.39, 0.29) is 31.7 Å². The van der Waals surface area contributed by atoms with E-state index in [1.54, 1.807) is 25.1 Å². The van der Waals surface area contributed by atoms with E-state index in [0.29, 0.717) is 5.69 Å². The van der Waals surface area contributed by atoms with Gasteiger partial charge in [0.25, 0.3) is 5.92 Å². The van der Waals surface area contributed by atoms with Crippen LogP contribution in [-0.2, 0) is 9.53 Å². The lowest BCUT2D eigenvalue weighted by atomic mass is 10.2. The molecule has 0 spiro atoms. The maximum Gasteiger partial charge on any atom is 0.340 e. The molecule has 0 bridgehead atoms.